The van der Waals surface area contributed by atoms with Gasteiger partial charge in [-0.05, 0) is 80.7 Å². The van der Waals surface area contributed by atoms with Gasteiger partial charge in [-0.1, -0.05) is 0 Å². The van der Waals surface area contributed by atoms with Crippen LogP contribution in [0.5, 0.6) is 0 Å². The van der Waals surface area contributed by atoms with E-state index in [2.05, 4.69) is 25.3 Å². The number of halogens is 1. The van der Waals surface area contributed by atoms with Gasteiger partial charge in [0.05, 0.1) is 4.90 Å². The van der Waals surface area contributed by atoms with Gasteiger partial charge in [0.15, 0.2) is 5.11 Å². The molecule has 0 spiro atoms. The predicted octanol–water partition coefficient (Wildman–Crippen LogP) is 3.16. The Morgan fingerprint density at radius 1 is 0.968 bits per heavy atom. The molecule has 1 heterocycles. The number of carbonyl (C=O) groups excluding carboxylic acids is 1. The van der Waals surface area contributed by atoms with Crippen molar-refractivity contribution in [2.75, 3.05) is 10.0 Å². The molecule has 1 aromatic heterocycles. The fourth-order valence-electron chi connectivity index (χ4n) is 2.61. The molecule has 0 bridgehead atoms. The second-order valence-corrected chi connectivity index (χ2v) is 8.61. The highest BCUT2D eigenvalue weighted by molar-refractivity contribution is 7.92. The fourth-order valence-corrected chi connectivity index (χ4v) is 3.76. The number of benzene rings is 2. The van der Waals surface area contributed by atoms with E-state index in [0.717, 1.165) is 0 Å². The molecule has 0 unspecified atom stereocenters. The van der Waals surface area contributed by atoms with Crippen LogP contribution in [0, 0.1) is 19.7 Å². The van der Waals surface area contributed by atoms with E-state index >= 15 is 0 Å². The number of aromatic nitrogens is 2. The smallest absolute Gasteiger partial charge is 0.264 e. The summed E-state index contributed by atoms with van der Waals surface area (Å²) in [5.41, 5.74) is 1.99. The third-order valence-corrected chi connectivity index (χ3v) is 5.51. The molecule has 0 aliphatic rings. The fraction of sp³-hybridized carbons (Fsp3) is 0.100. The Kier molecular flexibility index (Phi) is 6.56. The number of nitrogens with zero attached hydrogens (tertiary/aromatic N) is 2. The van der Waals surface area contributed by atoms with Crippen LogP contribution in [0.4, 0.5) is 16.0 Å². The van der Waals surface area contributed by atoms with E-state index in [1.54, 1.807) is 19.9 Å². The molecule has 160 valence electrons. The lowest BCUT2D eigenvalue weighted by molar-refractivity contribution is 0.0977. The van der Waals surface area contributed by atoms with E-state index in [0.29, 0.717) is 17.1 Å². The normalized spacial score (nSPS) is 10.9. The lowest BCUT2D eigenvalue weighted by atomic mass is 10.2. The maximum atomic E-state index is 13.0. The Morgan fingerprint density at radius 3 is 2.13 bits per heavy atom. The average Bonchev–Trinajstić information content (AvgIpc) is 2.67. The first kappa shape index (κ1) is 22.2. The van der Waals surface area contributed by atoms with Crippen molar-refractivity contribution in [2.24, 2.45) is 0 Å². The molecule has 3 N–H and O–H groups in total. The lowest BCUT2D eigenvalue weighted by Gasteiger charge is -2.11. The Hall–Kier alpha value is -3.44. The Labute approximate surface area is 184 Å². The summed E-state index contributed by atoms with van der Waals surface area (Å²) in [5.74, 6) is -0.968. The summed E-state index contributed by atoms with van der Waals surface area (Å²) < 4.78 is 40.4. The summed E-state index contributed by atoms with van der Waals surface area (Å²) in [6.45, 7) is 3.48. The maximum Gasteiger partial charge on any atom is 0.264 e. The van der Waals surface area contributed by atoms with Gasteiger partial charge in [-0.25, -0.2) is 27.5 Å². The molecule has 0 fully saturated rings. The van der Waals surface area contributed by atoms with Crippen molar-refractivity contribution in [3.05, 3.63) is 77.4 Å². The number of nitrogens with one attached hydrogen (secondary N) is 3. The molecule has 0 aliphatic carbocycles. The van der Waals surface area contributed by atoms with E-state index in [4.69, 9.17) is 12.2 Å². The maximum absolute atomic E-state index is 13.0. The van der Waals surface area contributed by atoms with Crippen molar-refractivity contribution in [1.29, 1.82) is 0 Å². The number of rotatable bonds is 5. The molecule has 11 heteroatoms. The van der Waals surface area contributed by atoms with E-state index in [1.807, 2.05) is 0 Å². The minimum atomic E-state index is -3.89. The van der Waals surface area contributed by atoms with Gasteiger partial charge < -0.3 is 5.32 Å². The topological polar surface area (TPSA) is 113 Å². The van der Waals surface area contributed by atoms with Crippen LogP contribution in [-0.4, -0.2) is 29.4 Å². The van der Waals surface area contributed by atoms with Gasteiger partial charge in [-0.15, -0.1) is 0 Å². The molecule has 8 nitrogen and oxygen atoms in total. The van der Waals surface area contributed by atoms with Crippen LogP contribution in [0.1, 0.15) is 21.7 Å². The van der Waals surface area contributed by atoms with Crippen LogP contribution >= 0.6 is 12.2 Å². The molecule has 0 radical (unpaired) electrons. The zero-order valence-electron chi connectivity index (χ0n) is 16.5. The van der Waals surface area contributed by atoms with Gasteiger partial charge in [-0.2, -0.15) is 0 Å². The number of hydrogen-bond acceptors (Lipinski definition) is 6. The van der Waals surface area contributed by atoms with Crippen LogP contribution in [-0.2, 0) is 10.0 Å². The van der Waals surface area contributed by atoms with Crippen molar-refractivity contribution in [2.45, 2.75) is 18.7 Å². The number of sulfonamides is 1. The van der Waals surface area contributed by atoms with E-state index in [1.165, 1.54) is 48.5 Å². The Bertz CT molecular complexity index is 1210. The van der Waals surface area contributed by atoms with Gasteiger partial charge in [0.2, 0.25) is 5.95 Å². The molecular formula is C20H18FN5O3S2. The summed E-state index contributed by atoms with van der Waals surface area (Å²) in [7, 11) is -3.89. The Morgan fingerprint density at radius 2 is 1.55 bits per heavy atom. The molecule has 1 amide bonds. The van der Waals surface area contributed by atoms with Crippen molar-refractivity contribution in [1.82, 2.24) is 15.3 Å². The van der Waals surface area contributed by atoms with E-state index < -0.39 is 21.7 Å². The Balaban J connectivity index is 1.64. The van der Waals surface area contributed by atoms with Crippen molar-refractivity contribution in [3.63, 3.8) is 0 Å². The number of thiocarbonyl (C=S) groups is 1. The van der Waals surface area contributed by atoms with E-state index in [-0.39, 0.29) is 21.5 Å². The number of aryl methyl sites for hydroxylation is 2. The zero-order valence-corrected chi connectivity index (χ0v) is 18.1. The first-order valence-corrected chi connectivity index (χ1v) is 10.8. The second-order valence-electron chi connectivity index (χ2n) is 6.52. The van der Waals surface area contributed by atoms with Gasteiger partial charge in [0, 0.05) is 22.6 Å². The van der Waals surface area contributed by atoms with Gasteiger partial charge in [0.25, 0.3) is 15.9 Å². The largest absolute Gasteiger partial charge is 0.332 e. The first-order chi connectivity index (χ1) is 14.6. The minimum absolute atomic E-state index is 0.00192. The third kappa shape index (κ3) is 6.03. The number of anilines is 2. The summed E-state index contributed by atoms with van der Waals surface area (Å²) in [6.07, 6.45) is 0. The first-order valence-electron chi connectivity index (χ1n) is 8.95. The summed E-state index contributed by atoms with van der Waals surface area (Å²) in [4.78, 5) is 20.2. The van der Waals surface area contributed by atoms with Crippen LogP contribution in [0.3, 0.4) is 0 Å². The van der Waals surface area contributed by atoms with Gasteiger partial charge in [-0.3, -0.25) is 10.1 Å². The molecule has 0 atom stereocenters. The molecule has 0 saturated carbocycles. The van der Waals surface area contributed by atoms with Crippen molar-refractivity contribution < 1.29 is 17.6 Å². The van der Waals surface area contributed by atoms with Crippen LogP contribution in [0.2, 0.25) is 0 Å². The number of amides is 1. The molecule has 0 saturated heterocycles. The zero-order chi connectivity index (χ0) is 22.6. The highest BCUT2D eigenvalue weighted by Gasteiger charge is 2.16. The van der Waals surface area contributed by atoms with E-state index in [9.17, 15) is 17.6 Å². The van der Waals surface area contributed by atoms with Crippen molar-refractivity contribution >= 4 is 44.9 Å². The van der Waals surface area contributed by atoms with Gasteiger partial charge >= 0.3 is 0 Å². The van der Waals surface area contributed by atoms with Crippen LogP contribution in [0.25, 0.3) is 0 Å². The van der Waals surface area contributed by atoms with Crippen molar-refractivity contribution in [3.8, 4) is 0 Å². The molecule has 0 aliphatic heterocycles. The minimum Gasteiger partial charge on any atom is -0.332 e. The van der Waals surface area contributed by atoms with Crippen LogP contribution in [0.15, 0.2) is 59.5 Å². The number of carbonyl (C=O) groups is 1. The molecule has 2 aromatic carbocycles. The standard InChI is InChI=1S/C20H18FN5O3S2/c1-12-11-13(2)23-19(22-12)26-31(28,29)17-9-7-16(8-10-17)24-20(30)25-18(27)14-3-5-15(21)6-4-14/h3-11H,1-2H3,(H,22,23,26)(H2,24,25,27,30). The SMILES string of the molecule is Cc1cc(C)nc(NS(=O)(=O)c2ccc(NC(=S)NC(=O)c3ccc(F)cc3)cc2)n1. The molecule has 3 aromatic rings. The second kappa shape index (κ2) is 9.14. The molecular weight excluding hydrogens is 441 g/mol. The highest BCUT2D eigenvalue weighted by atomic mass is 32.2. The molecule has 31 heavy (non-hydrogen) atoms. The highest BCUT2D eigenvalue weighted by Crippen LogP contribution is 2.17. The average molecular weight is 460 g/mol. The van der Waals surface area contributed by atoms with Gasteiger partial charge in [0.1, 0.15) is 5.82 Å². The summed E-state index contributed by atoms with van der Waals surface area (Å²) in [6, 6.07) is 12.5. The number of hydrogen-bond donors (Lipinski definition) is 3. The predicted molar refractivity (Wildman–Crippen MR) is 119 cm³/mol. The quantitative estimate of drug-likeness (QED) is 0.502. The molecule has 3 rings (SSSR count). The van der Waals surface area contributed by atoms with Crippen LogP contribution < -0.4 is 15.4 Å². The summed E-state index contributed by atoms with van der Waals surface area (Å²) >= 11 is 5.09. The summed E-state index contributed by atoms with van der Waals surface area (Å²) in [5, 5.41) is 5.25. The third-order valence-electron chi connectivity index (χ3n) is 3.96. The lowest BCUT2D eigenvalue weighted by Crippen LogP contribution is -2.34. The monoisotopic (exact) mass is 459 g/mol.